The van der Waals surface area contributed by atoms with Crippen molar-refractivity contribution < 1.29 is 9.47 Å². The molecule has 2 fully saturated rings. The van der Waals surface area contributed by atoms with Crippen molar-refractivity contribution >= 4 is 0 Å². The smallest absolute Gasteiger partial charge is 0.0600 e. The fourth-order valence-corrected chi connectivity index (χ4v) is 2.62. The molecule has 0 aromatic carbocycles. The Labute approximate surface area is 111 Å². The van der Waals surface area contributed by atoms with Gasteiger partial charge in [-0.25, -0.2) is 0 Å². The highest BCUT2D eigenvalue weighted by Crippen LogP contribution is 2.48. The number of methoxy groups -OCH3 is 1. The molecule has 0 amide bonds. The first-order chi connectivity index (χ1) is 8.85. The number of rotatable bonds is 9. The lowest BCUT2D eigenvalue weighted by molar-refractivity contribution is 0.0343. The van der Waals surface area contributed by atoms with Gasteiger partial charge in [-0.3, -0.25) is 0 Å². The van der Waals surface area contributed by atoms with E-state index in [-0.39, 0.29) is 0 Å². The van der Waals surface area contributed by atoms with Crippen LogP contribution >= 0.6 is 0 Å². The SMILES string of the molecule is COCCC1(CNCCOC2CCNCC2)CC1. The Morgan fingerprint density at radius 2 is 2.00 bits per heavy atom. The van der Waals surface area contributed by atoms with E-state index in [4.69, 9.17) is 9.47 Å². The average Bonchev–Trinajstić information content (AvgIpc) is 3.18. The molecule has 0 aromatic heterocycles. The van der Waals surface area contributed by atoms with Crippen LogP contribution in [0, 0.1) is 5.41 Å². The molecule has 1 aliphatic heterocycles. The molecular weight excluding hydrogens is 228 g/mol. The fourth-order valence-electron chi connectivity index (χ4n) is 2.62. The predicted octanol–water partition coefficient (Wildman–Crippen LogP) is 1.16. The van der Waals surface area contributed by atoms with Crippen LogP contribution in [0.5, 0.6) is 0 Å². The van der Waals surface area contributed by atoms with Gasteiger partial charge in [0.25, 0.3) is 0 Å². The van der Waals surface area contributed by atoms with Crippen LogP contribution in [0.3, 0.4) is 0 Å². The van der Waals surface area contributed by atoms with E-state index in [9.17, 15) is 0 Å². The maximum Gasteiger partial charge on any atom is 0.0600 e. The summed E-state index contributed by atoms with van der Waals surface area (Å²) in [5.41, 5.74) is 0.546. The van der Waals surface area contributed by atoms with Gasteiger partial charge >= 0.3 is 0 Å². The molecule has 4 heteroatoms. The van der Waals surface area contributed by atoms with Crippen molar-refractivity contribution in [3.05, 3.63) is 0 Å². The number of nitrogens with one attached hydrogen (secondary N) is 2. The number of hydrogen-bond donors (Lipinski definition) is 2. The third-order valence-electron chi connectivity index (χ3n) is 4.21. The van der Waals surface area contributed by atoms with Crippen LogP contribution in [0.1, 0.15) is 32.1 Å². The van der Waals surface area contributed by atoms with Crippen LogP contribution in [0.25, 0.3) is 0 Å². The van der Waals surface area contributed by atoms with Crippen LogP contribution in [0.4, 0.5) is 0 Å². The zero-order chi connectivity index (χ0) is 12.7. The van der Waals surface area contributed by atoms with Crippen molar-refractivity contribution in [2.24, 2.45) is 5.41 Å². The average molecular weight is 256 g/mol. The third kappa shape index (κ3) is 4.84. The number of hydrogen-bond acceptors (Lipinski definition) is 4. The van der Waals surface area contributed by atoms with Gasteiger partial charge in [0.2, 0.25) is 0 Å². The quantitative estimate of drug-likeness (QED) is 0.608. The molecule has 2 N–H and O–H groups in total. The Kier molecular flexibility index (Phi) is 5.89. The lowest BCUT2D eigenvalue weighted by Gasteiger charge is -2.23. The van der Waals surface area contributed by atoms with Crippen molar-refractivity contribution in [1.29, 1.82) is 0 Å². The summed E-state index contributed by atoms with van der Waals surface area (Å²) in [6.07, 6.45) is 6.73. The van der Waals surface area contributed by atoms with Crippen LogP contribution in [0.15, 0.2) is 0 Å². The van der Waals surface area contributed by atoms with Gasteiger partial charge < -0.3 is 20.1 Å². The summed E-state index contributed by atoms with van der Waals surface area (Å²) in [4.78, 5) is 0. The minimum atomic E-state index is 0.483. The van der Waals surface area contributed by atoms with Gasteiger partial charge in [0.05, 0.1) is 12.7 Å². The minimum absolute atomic E-state index is 0.483. The van der Waals surface area contributed by atoms with Crippen LogP contribution in [0.2, 0.25) is 0 Å². The first kappa shape index (κ1) is 14.3. The molecule has 0 radical (unpaired) electrons. The molecule has 106 valence electrons. The van der Waals surface area contributed by atoms with Crippen LogP contribution in [-0.2, 0) is 9.47 Å². The maximum atomic E-state index is 5.87. The highest BCUT2D eigenvalue weighted by atomic mass is 16.5. The molecule has 0 atom stereocenters. The van der Waals surface area contributed by atoms with E-state index >= 15 is 0 Å². The molecule has 4 nitrogen and oxygen atoms in total. The van der Waals surface area contributed by atoms with Gasteiger partial charge in [0.15, 0.2) is 0 Å². The summed E-state index contributed by atoms with van der Waals surface area (Å²) in [7, 11) is 1.79. The van der Waals surface area contributed by atoms with Crippen molar-refractivity contribution in [3.63, 3.8) is 0 Å². The first-order valence-electron chi connectivity index (χ1n) is 7.37. The summed E-state index contributed by atoms with van der Waals surface area (Å²) >= 11 is 0. The van der Waals surface area contributed by atoms with Crippen LogP contribution < -0.4 is 10.6 Å². The lowest BCUT2D eigenvalue weighted by Crippen LogP contribution is -2.34. The zero-order valence-electron chi connectivity index (χ0n) is 11.7. The summed E-state index contributed by atoms with van der Waals surface area (Å²) in [5, 5.41) is 6.90. The minimum Gasteiger partial charge on any atom is -0.385 e. The molecule has 0 bridgehead atoms. The Morgan fingerprint density at radius 1 is 1.22 bits per heavy atom. The summed E-state index contributed by atoms with van der Waals surface area (Å²) in [6.45, 7) is 6.08. The fraction of sp³-hybridized carbons (Fsp3) is 1.00. The molecule has 0 aromatic rings. The highest BCUT2D eigenvalue weighted by molar-refractivity contribution is 4.94. The first-order valence-corrected chi connectivity index (χ1v) is 7.37. The highest BCUT2D eigenvalue weighted by Gasteiger charge is 2.41. The second-order valence-electron chi connectivity index (χ2n) is 5.74. The summed E-state index contributed by atoms with van der Waals surface area (Å²) < 4.78 is 11.0. The molecule has 0 unspecified atom stereocenters. The van der Waals surface area contributed by atoms with Gasteiger partial charge in [0, 0.05) is 26.8 Å². The van der Waals surface area contributed by atoms with E-state index < -0.39 is 0 Å². The molecule has 2 rings (SSSR count). The molecule has 1 aliphatic carbocycles. The summed E-state index contributed by atoms with van der Waals surface area (Å²) in [6, 6.07) is 0. The van der Waals surface area contributed by atoms with E-state index in [0.29, 0.717) is 11.5 Å². The number of piperidine rings is 1. The molecule has 0 spiro atoms. The molecule has 18 heavy (non-hydrogen) atoms. The molecule has 1 saturated carbocycles. The topological polar surface area (TPSA) is 42.5 Å². The Hall–Kier alpha value is -0.160. The lowest BCUT2D eigenvalue weighted by atomic mass is 10.0. The van der Waals surface area contributed by atoms with Gasteiger partial charge in [-0.2, -0.15) is 0 Å². The van der Waals surface area contributed by atoms with Crippen molar-refractivity contribution in [2.75, 3.05) is 46.5 Å². The molecule has 2 aliphatic rings. The molecule has 1 saturated heterocycles. The number of ether oxygens (including phenoxy) is 2. The van der Waals surface area contributed by atoms with Crippen molar-refractivity contribution in [3.8, 4) is 0 Å². The second kappa shape index (κ2) is 7.43. The Morgan fingerprint density at radius 3 is 2.67 bits per heavy atom. The second-order valence-corrected chi connectivity index (χ2v) is 5.74. The van der Waals surface area contributed by atoms with Gasteiger partial charge in [-0.1, -0.05) is 0 Å². The van der Waals surface area contributed by atoms with Crippen molar-refractivity contribution in [1.82, 2.24) is 10.6 Å². The Bertz CT molecular complexity index is 226. The van der Waals surface area contributed by atoms with Gasteiger partial charge in [-0.15, -0.1) is 0 Å². The molecular formula is C14H28N2O2. The third-order valence-corrected chi connectivity index (χ3v) is 4.21. The van der Waals surface area contributed by atoms with E-state index in [0.717, 1.165) is 52.2 Å². The zero-order valence-corrected chi connectivity index (χ0v) is 11.7. The summed E-state index contributed by atoms with van der Waals surface area (Å²) in [5.74, 6) is 0. The van der Waals surface area contributed by atoms with Crippen LogP contribution in [-0.4, -0.2) is 52.6 Å². The normalized spacial score (nSPS) is 23.2. The monoisotopic (exact) mass is 256 g/mol. The Balaban J connectivity index is 1.46. The van der Waals surface area contributed by atoms with E-state index in [1.165, 1.54) is 19.3 Å². The van der Waals surface area contributed by atoms with E-state index in [1.807, 2.05) is 0 Å². The largest absolute Gasteiger partial charge is 0.385 e. The van der Waals surface area contributed by atoms with Gasteiger partial charge in [0.1, 0.15) is 0 Å². The van der Waals surface area contributed by atoms with Crippen molar-refractivity contribution in [2.45, 2.75) is 38.2 Å². The standard InChI is InChI=1S/C14H28N2O2/c1-17-10-6-14(4-5-14)12-16-9-11-18-13-2-7-15-8-3-13/h13,15-16H,2-12H2,1H3. The molecule has 1 heterocycles. The predicted molar refractivity (Wildman–Crippen MR) is 72.9 cm³/mol. The van der Waals surface area contributed by atoms with E-state index in [2.05, 4.69) is 10.6 Å². The maximum absolute atomic E-state index is 5.87. The van der Waals surface area contributed by atoms with E-state index in [1.54, 1.807) is 7.11 Å². The van der Waals surface area contributed by atoms with Gasteiger partial charge in [-0.05, 0) is 50.6 Å².